The number of hydrogen-bond acceptors (Lipinski definition) is 2. The maximum absolute atomic E-state index is 11.8. The maximum atomic E-state index is 11.8. The van der Waals surface area contributed by atoms with E-state index in [9.17, 15) is 4.79 Å². The van der Waals surface area contributed by atoms with Gasteiger partial charge in [0.25, 0.3) is 0 Å². The SMILES string of the molecule is CCNC(=NCc1ccc(Cl)cc1Cl)NCCC(=O)NC(C)CC.I. The highest BCUT2D eigenvalue weighted by Crippen LogP contribution is 2.21. The molecule has 142 valence electrons. The lowest BCUT2D eigenvalue weighted by Crippen LogP contribution is -2.40. The predicted octanol–water partition coefficient (Wildman–Crippen LogP) is 3.97. The van der Waals surface area contributed by atoms with Crippen molar-refractivity contribution < 1.29 is 4.79 Å². The molecule has 1 rings (SSSR count). The molecule has 8 heteroatoms. The minimum Gasteiger partial charge on any atom is -0.357 e. The van der Waals surface area contributed by atoms with Crippen molar-refractivity contribution in [3.05, 3.63) is 33.8 Å². The highest BCUT2D eigenvalue weighted by atomic mass is 127. The number of carbonyl (C=O) groups is 1. The van der Waals surface area contributed by atoms with Crippen molar-refractivity contribution in [1.82, 2.24) is 16.0 Å². The Morgan fingerprint density at radius 3 is 2.56 bits per heavy atom. The van der Waals surface area contributed by atoms with Crippen molar-refractivity contribution in [3.63, 3.8) is 0 Å². The van der Waals surface area contributed by atoms with Gasteiger partial charge in [-0.05, 0) is 38.0 Å². The van der Waals surface area contributed by atoms with Crippen LogP contribution < -0.4 is 16.0 Å². The first-order chi connectivity index (χ1) is 11.5. The molecule has 0 radical (unpaired) electrons. The van der Waals surface area contributed by atoms with Crippen molar-refractivity contribution >= 4 is 59.0 Å². The van der Waals surface area contributed by atoms with Gasteiger partial charge in [-0.15, -0.1) is 24.0 Å². The fourth-order valence-corrected chi connectivity index (χ4v) is 2.37. The van der Waals surface area contributed by atoms with Crippen molar-refractivity contribution in [2.45, 2.75) is 46.2 Å². The van der Waals surface area contributed by atoms with Crippen LogP contribution in [0.2, 0.25) is 10.0 Å². The molecule has 1 unspecified atom stereocenters. The molecule has 0 aliphatic heterocycles. The number of benzene rings is 1. The van der Waals surface area contributed by atoms with Crippen molar-refractivity contribution in [3.8, 4) is 0 Å². The van der Waals surface area contributed by atoms with Crippen LogP contribution in [0.1, 0.15) is 39.2 Å². The molecule has 1 aromatic rings. The maximum Gasteiger partial charge on any atom is 0.221 e. The van der Waals surface area contributed by atoms with Gasteiger partial charge in [-0.25, -0.2) is 4.99 Å². The van der Waals surface area contributed by atoms with E-state index in [1.54, 1.807) is 12.1 Å². The second kappa shape index (κ2) is 13.5. The molecule has 0 fully saturated rings. The summed E-state index contributed by atoms with van der Waals surface area (Å²) in [6.07, 6.45) is 1.32. The average Bonchev–Trinajstić information content (AvgIpc) is 2.53. The summed E-state index contributed by atoms with van der Waals surface area (Å²) in [6, 6.07) is 5.55. The fraction of sp³-hybridized carbons (Fsp3) is 0.529. The Morgan fingerprint density at radius 1 is 1.24 bits per heavy atom. The zero-order valence-electron chi connectivity index (χ0n) is 14.9. The van der Waals surface area contributed by atoms with Gasteiger partial charge >= 0.3 is 0 Å². The van der Waals surface area contributed by atoms with Crippen molar-refractivity contribution in [2.75, 3.05) is 13.1 Å². The Hall–Kier alpha value is -0.730. The number of hydrogen-bond donors (Lipinski definition) is 3. The molecule has 0 aliphatic rings. The minimum absolute atomic E-state index is 0. The van der Waals surface area contributed by atoms with E-state index in [0.29, 0.717) is 35.5 Å². The number of nitrogens with one attached hydrogen (secondary N) is 3. The summed E-state index contributed by atoms with van der Waals surface area (Å²) in [5, 5.41) is 10.4. The predicted molar refractivity (Wildman–Crippen MR) is 117 cm³/mol. The van der Waals surface area contributed by atoms with E-state index in [4.69, 9.17) is 23.2 Å². The fourth-order valence-electron chi connectivity index (χ4n) is 1.90. The summed E-state index contributed by atoms with van der Waals surface area (Å²) in [4.78, 5) is 16.2. The van der Waals surface area contributed by atoms with Crippen LogP contribution in [0.4, 0.5) is 0 Å². The molecule has 0 aliphatic carbocycles. The van der Waals surface area contributed by atoms with E-state index in [2.05, 4.69) is 20.9 Å². The van der Waals surface area contributed by atoms with Gasteiger partial charge in [0, 0.05) is 35.6 Å². The number of rotatable bonds is 8. The summed E-state index contributed by atoms with van der Waals surface area (Å²) in [5.74, 6) is 0.688. The average molecular weight is 501 g/mol. The molecule has 25 heavy (non-hydrogen) atoms. The van der Waals surface area contributed by atoms with E-state index < -0.39 is 0 Å². The summed E-state index contributed by atoms with van der Waals surface area (Å²) < 4.78 is 0. The van der Waals surface area contributed by atoms with Crippen LogP contribution in [0.25, 0.3) is 0 Å². The smallest absolute Gasteiger partial charge is 0.221 e. The zero-order chi connectivity index (χ0) is 17.9. The van der Waals surface area contributed by atoms with Crippen LogP contribution in [0.15, 0.2) is 23.2 Å². The molecule has 1 aromatic carbocycles. The number of nitrogens with zero attached hydrogens (tertiary/aromatic N) is 1. The van der Waals surface area contributed by atoms with Crippen LogP contribution in [0, 0.1) is 0 Å². The van der Waals surface area contributed by atoms with Crippen LogP contribution in [-0.4, -0.2) is 31.0 Å². The minimum atomic E-state index is 0. The van der Waals surface area contributed by atoms with Gasteiger partial charge < -0.3 is 16.0 Å². The molecule has 1 atom stereocenters. The van der Waals surface area contributed by atoms with Crippen molar-refractivity contribution in [1.29, 1.82) is 0 Å². The summed E-state index contributed by atoms with van der Waals surface area (Å²) in [7, 11) is 0. The van der Waals surface area contributed by atoms with Gasteiger partial charge in [-0.2, -0.15) is 0 Å². The Labute approximate surface area is 177 Å². The molecular formula is C17H27Cl2IN4O. The van der Waals surface area contributed by atoms with Gasteiger partial charge in [0.05, 0.1) is 6.54 Å². The van der Waals surface area contributed by atoms with Crippen molar-refractivity contribution in [2.24, 2.45) is 4.99 Å². The van der Waals surface area contributed by atoms with Gasteiger partial charge in [-0.1, -0.05) is 36.2 Å². The second-order valence-corrected chi connectivity index (χ2v) is 6.33. The zero-order valence-corrected chi connectivity index (χ0v) is 18.7. The van der Waals surface area contributed by atoms with E-state index in [-0.39, 0.29) is 35.9 Å². The number of amides is 1. The van der Waals surface area contributed by atoms with Gasteiger partial charge in [0.2, 0.25) is 5.91 Å². The molecule has 0 bridgehead atoms. The molecule has 1 amide bonds. The number of halogens is 3. The Bertz CT molecular complexity index is 570. The number of guanidine groups is 1. The molecular weight excluding hydrogens is 474 g/mol. The van der Waals surface area contributed by atoms with Crippen LogP contribution in [0.5, 0.6) is 0 Å². The summed E-state index contributed by atoms with van der Waals surface area (Å²) >= 11 is 12.0. The van der Waals surface area contributed by atoms with Crippen LogP contribution >= 0.6 is 47.2 Å². The monoisotopic (exact) mass is 500 g/mol. The van der Waals surface area contributed by atoms with E-state index in [1.165, 1.54) is 0 Å². The second-order valence-electron chi connectivity index (χ2n) is 5.48. The number of aliphatic imine (C=N–C) groups is 1. The summed E-state index contributed by atoms with van der Waals surface area (Å²) in [6.45, 7) is 7.71. The highest BCUT2D eigenvalue weighted by Gasteiger charge is 2.06. The standard InChI is InChI=1S/C17H26Cl2N4O.HI/c1-4-12(3)23-16(24)8-9-21-17(20-5-2)22-11-13-6-7-14(18)10-15(13)19;/h6-7,10,12H,4-5,8-9,11H2,1-3H3,(H,23,24)(H2,20,21,22);1H. The third kappa shape index (κ3) is 10.1. The van der Waals surface area contributed by atoms with Gasteiger partial charge in [0.15, 0.2) is 5.96 Å². The quantitative estimate of drug-likeness (QED) is 0.287. The van der Waals surface area contributed by atoms with Crippen LogP contribution in [0.3, 0.4) is 0 Å². The lowest BCUT2D eigenvalue weighted by molar-refractivity contribution is -0.121. The largest absolute Gasteiger partial charge is 0.357 e. The molecule has 0 spiro atoms. The first kappa shape index (κ1) is 24.3. The third-order valence-corrected chi connectivity index (χ3v) is 4.02. The molecule has 5 nitrogen and oxygen atoms in total. The molecule has 0 heterocycles. The normalized spacial score (nSPS) is 12.1. The lowest BCUT2D eigenvalue weighted by atomic mass is 10.2. The van der Waals surface area contributed by atoms with E-state index in [0.717, 1.165) is 18.5 Å². The third-order valence-electron chi connectivity index (χ3n) is 3.43. The molecule has 0 aromatic heterocycles. The Balaban J connectivity index is 0.00000576. The molecule has 0 saturated carbocycles. The Kier molecular flexibility index (Phi) is 13.1. The highest BCUT2D eigenvalue weighted by molar-refractivity contribution is 14.0. The first-order valence-corrected chi connectivity index (χ1v) is 8.97. The molecule has 3 N–H and O–H groups in total. The molecule has 0 saturated heterocycles. The van der Waals surface area contributed by atoms with Crippen LogP contribution in [-0.2, 0) is 11.3 Å². The van der Waals surface area contributed by atoms with Gasteiger partial charge in [-0.3, -0.25) is 4.79 Å². The Morgan fingerprint density at radius 2 is 1.96 bits per heavy atom. The van der Waals surface area contributed by atoms with E-state index >= 15 is 0 Å². The lowest BCUT2D eigenvalue weighted by Gasteiger charge is -2.13. The van der Waals surface area contributed by atoms with E-state index in [1.807, 2.05) is 26.8 Å². The van der Waals surface area contributed by atoms with Gasteiger partial charge in [0.1, 0.15) is 0 Å². The number of carbonyl (C=O) groups excluding carboxylic acids is 1. The first-order valence-electron chi connectivity index (χ1n) is 8.21. The summed E-state index contributed by atoms with van der Waals surface area (Å²) in [5.41, 5.74) is 0.896. The topological polar surface area (TPSA) is 65.5 Å².